The molecule has 1 aromatic heterocycles. The molecule has 0 bridgehead atoms. The number of hydrogen-bond acceptors (Lipinski definition) is 8. The molecule has 0 spiro atoms. The highest BCUT2D eigenvalue weighted by Crippen LogP contribution is 2.45. The molecule has 12 nitrogen and oxygen atoms in total. The van der Waals surface area contributed by atoms with Crippen molar-refractivity contribution in [2.75, 3.05) is 19.8 Å². The molecule has 46 heavy (non-hydrogen) atoms. The first-order chi connectivity index (χ1) is 22.1. The van der Waals surface area contributed by atoms with E-state index in [0.29, 0.717) is 37.5 Å². The van der Waals surface area contributed by atoms with E-state index in [2.05, 4.69) is 15.6 Å². The second-order valence-corrected chi connectivity index (χ2v) is 12.4. The van der Waals surface area contributed by atoms with Crippen LogP contribution < -0.4 is 20.1 Å². The largest absolute Gasteiger partial charge is 0.488 e. The summed E-state index contributed by atoms with van der Waals surface area (Å²) in [5, 5.41) is 16.5. The number of aliphatic carboxylic acids is 1. The van der Waals surface area contributed by atoms with Gasteiger partial charge in [0.25, 0.3) is 0 Å². The van der Waals surface area contributed by atoms with E-state index >= 15 is 0 Å². The van der Waals surface area contributed by atoms with E-state index in [9.17, 15) is 24.3 Å². The summed E-state index contributed by atoms with van der Waals surface area (Å²) in [6.07, 6.45) is 6.57. The number of amides is 3. The number of carbonyl (C=O) groups is 4. The van der Waals surface area contributed by atoms with Crippen molar-refractivity contribution in [2.45, 2.75) is 95.9 Å². The number of pyridine rings is 1. The van der Waals surface area contributed by atoms with E-state index in [1.165, 1.54) is 4.90 Å². The van der Waals surface area contributed by atoms with Crippen LogP contribution in [0.3, 0.4) is 0 Å². The topological polar surface area (TPSA) is 156 Å². The molecule has 3 heterocycles. The molecule has 3 aliphatic rings. The van der Waals surface area contributed by atoms with Crippen LogP contribution in [-0.2, 0) is 19.1 Å². The summed E-state index contributed by atoms with van der Waals surface area (Å²) in [5.74, 6) is -1.37. The van der Waals surface area contributed by atoms with Gasteiger partial charge in [-0.25, -0.2) is 14.6 Å². The molecule has 1 aliphatic carbocycles. The van der Waals surface area contributed by atoms with Crippen LogP contribution in [-0.4, -0.2) is 82.4 Å². The Labute approximate surface area is 268 Å². The van der Waals surface area contributed by atoms with Gasteiger partial charge in [-0.05, 0) is 57.6 Å². The Morgan fingerprint density at radius 2 is 2.04 bits per heavy atom. The molecule has 2 fully saturated rings. The van der Waals surface area contributed by atoms with Crippen LogP contribution in [0.5, 0.6) is 11.6 Å². The minimum atomic E-state index is -1.40. The van der Waals surface area contributed by atoms with E-state index in [4.69, 9.17) is 14.2 Å². The van der Waals surface area contributed by atoms with Crippen LogP contribution in [0.2, 0.25) is 0 Å². The number of alkyl carbamates (subject to hydrolysis) is 1. The second kappa shape index (κ2) is 14.4. The molecule has 3 amide bonds. The highest BCUT2D eigenvalue weighted by atomic mass is 16.5. The summed E-state index contributed by atoms with van der Waals surface area (Å²) in [7, 11) is 0. The smallest absolute Gasteiger partial charge is 0.407 e. The third-order valence-corrected chi connectivity index (χ3v) is 8.92. The lowest BCUT2D eigenvalue weighted by Gasteiger charge is -2.27. The van der Waals surface area contributed by atoms with Gasteiger partial charge in [0.05, 0.1) is 25.3 Å². The summed E-state index contributed by atoms with van der Waals surface area (Å²) in [6.45, 7) is 6.51. The minimum absolute atomic E-state index is 0.0356. The number of para-hydroxylation sites is 1. The molecule has 0 unspecified atom stereocenters. The van der Waals surface area contributed by atoms with Crippen molar-refractivity contribution in [2.24, 2.45) is 5.92 Å². The summed E-state index contributed by atoms with van der Waals surface area (Å²) in [4.78, 5) is 58.7. The predicted molar refractivity (Wildman–Crippen MR) is 170 cm³/mol. The van der Waals surface area contributed by atoms with Crippen molar-refractivity contribution in [1.82, 2.24) is 20.5 Å². The molecular formula is C34H44N4O8. The lowest BCUT2D eigenvalue weighted by Crippen LogP contribution is -2.53. The number of benzene rings is 1. The van der Waals surface area contributed by atoms with Crippen molar-refractivity contribution < 1.29 is 38.5 Å². The Balaban J connectivity index is 1.43. The number of carboxylic acid groups (broad SMARTS) is 1. The standard InChI is InChI=1S/C34H44N4O8/c1-4-15-45-33(43)35-23-13-9-7-6-8-12-22-19-34(22,32(41)42)37-31(40)26-17-24(20-38(26)29(39)16-23)46-27-18-28(44-5-2)36-30-21(3)11-10-14-25(27)30/h8,10-12,14,18,22-24,26H,4-7,9,13,15-17,19-20H2,1-3H3,(H,35,43)(H,37,40)(H,41,42)/b12-8-/t22-,23-,24+,26-,34+/m0/s1. The van der Waals surface area contributed by atoms with Gasteiger partial charge in [-0.15, -0.1) is 0 Å². The van der Waals surface area contributed by atoms with Gasteiger partial charge < -0.3 is 34.9 Å². The molecule has 0 radical (unpaired) electrons. The molecule has 1 aromatic carbocycles. The highest BCUT2D eigenvalue weighted by molar-refractivity contribution is 5.95. The fourth-order valence-corrected chi connectivity index (χ4v) is 6.38. The predicted octanol–water partition coefficient (Wildman–Crippen LogP) is 4.27. The molecule has 1 saturated carbocycles. The summed E-state index contributed by atoms with van der Waals surface area (Å²) < 4.78 is 17.4. The molecule has 5 atom stereocenters. The maximum atomic E-state index is 13.9. The van der Waals surface area contributed by atoms with Gasteiger partial charge in [0, 0.05) is 36.3 Å². The Bertz CT molecular complexity index is 1500. The molecule has 248 valence electrons. The lowest BCUT2D eigenvalue weighted by molar-refractivity contribution is -0.145. The van der Waals surface area contributed by atoms with E-state index in [-0.39, 0.29) is 37.8 Å². The highest BCUT2D eigenvalue weighted by Gasteiger charge is 2.61. The van der Waals surface area contributed by atoms with Crippen molar-refractivity contribution in [3.05, 3.63) is 42.0 Å². The number of nitrogens with zero attached hydrogens (tertiary/aromatic N) is 2. The number of aryl methyl sites for hydroxylation is 1. The van der Waals surface area contributed by atoms with Gasteiger partial charge in [-0.3, -0.25) is 9.59 Å². The Hall–Kier alpha value is -4.35. The van der Waals surface area contributed by atoms with Gasteiger partial charge in [0.2, 0.25) is 17.7 Å². The quantitative estimate of drug-likeness (QED) is 0.360. The van der Waals surface area contributed by atoms with E-state index < -0.39 is 41.7 Å². The molecular weight excluding hydrogens is 592 g/mol. The Kier molecular flexibility index (Phi) is 10.3. The number of nitrogens with one attached hydrogen (secondary N) is 2. The van der Waals surface area contributed by atoms with Crippen LogP contribution in [0.25, 0.3) is 10.9 Å². The summed E-state index contributed by atoms with van der Waals surface area (Å²) >= 11 is 0. The number of carboxylic acids is 1. The van der Waals surface area contributed by atoms with Gasteiger partial charge in [0.1, 0.15) is 23.4 Å². The van der Waals surface area contributed by atoms with E-state index in [1.807, 2.05) is 51.1 Å². The zero-order valence-electron chi connectivity index (χ0n) is 26.8. The molecule has 2 aliphatic heterocycles. The maximum Gasteiger partial charge on any atom is 0.407 e. The van der Waals surface area contributed by atoms with Crippen LogP contribution in [0, 0.1) is 12.8 Å². The fraction of sp³-hybridized carbons (Fsp3) is 0.559. The first-order valence-corrected chi connectivity index (χ1v) is 16.3. The number of fused-ring (bicyclic) bond motifs is 3. The average molecular weight is 637 g/mol. The van der Waals surface area contributed by atoms with Crippen LogP contribution >= 0.6 is 0 Å². The SMILES string of the molecule is CCCOC(=O)N[C@H]1CCCC/C=C\[C@H]2C[C@@]2(C(=O)O)NC(=O)[C@@H]2C[C@@H](Oc3cc(OCC)nc4c(C)cccc34)CN2C(=O)C1. The zero-order chi connectivity index (χ0) is 32.8. The molecule has 1 saturated heterocycles. The number of ether oxygens (including phenoxy) is 3. The molecule has 12 heteroatoms. The summed E-state index contributed by atoms with van der Waals surface area (Å²) in [5.41, 5.74) is 0.269. The van der Waals surface area contributed by atoms with Gasteiger partial charge in [-0.2, -0.15) is 0 Å². The van der Waals surface area contributed by atoms with Crippen LogP contribution in [0.15, 0.2) is 36.4 Å². The fourth-order valence-electron chi connectivity index (χ4n) is 6.38. The first kappa shape index (κ1) is 33.0. The number of carbonyl (C=O) groups excluding carboxylic acids is 3. The third-order valence-electron chi connectivity index (χ3n) is 8.92. The third kappa shape index (κ3) is 7.37. The minimum Gasteiger partial charge on any atom is -0.488 e. The zero-order valence-corrected chi connectivity index (χ0v) is 26.8. The number of rotatable bonds is 8. The number of aromatic nitrogens is 1. The average Bonchev–Trinajstić information content (AvgIpc) is 3.55. The first-order valence-electron chi connectivity index (χ1n) is 16.3. The second-order valence-electron chi connectivity index (χ2n) is 12.4. The van der Waals surface area contributed by atoms with Crippen LogP contribution in [0.1, 0.15) is 70.8 Å². The lowest BCUT2D eigenvalue weighted by atomic mass is 10.0. The van der Waals surface area contributed by atoms with Crippen molar-refractivity contribution in [1.29, 1.82) is 0 Å². The van der Waals surface area contributed by atoms with Crippen LogP contribution in [0.4, 0.5) is 4.79 Å². The van der Waals surface area contributed by atoms with Gasteiger partial charge >= 0.3 is 12.1 Å². The number of allylic oxidation sites excluding steroid dienone is 1. The Morgan fingerprint density at radius 1 is 1.22 bits per heavy atom. The molecule has 3 N–H and O–H groups in total. The van der Waals surface area contributed by atoms with Gasteiger partial charge in [-0.1, -0.05) is 37.6 Å². The van der Waals surface area contributed by atoms with E-state index in [0.717, 1.165) is 35.7 Å². The summed E-state index contributed by atoms with van der Waals surface area (Å²) in [6, 6.07) is 6.02. The van der Waals surface area contributed by atoms with Crippen molar-refractivity contribution >= 4 is 34.8 Å². The Morgan fingerprint density at radius 3 is 2.80 bits per heavy atom. The normalized spacial score (nSPS) is 27.3. The van der Waals surface area contributed by atoms with Gasteiger partial charge in [0.15, 0.2) is 0 Å². The van der Waals surface area contributed by atoms with Crippen molar-refractivity contribution in [3.63, 3.8) is 0 Å². The maximum absolute atomic E-state index is 13.9. The van der Waals surface area contributed by atoms with E-state index in [1.54, 1.807) is 6.07 Å². The molecule has 5 rings (SSSR count). The monoisotopic (exact) mass is 636 g/mol. The van der Waals surface area contributed by atoms with Crippen molar-refractivity contribution in [3.8, 4) is 11.6 Å². The number of hydrogen-bond donors (Lipinski definition) is 3. The molecule has 2 aromatic rings.